The number of hydrogen-bond donors (Lipinski definition) is 3. The number of aliphatic carboxylic acids is 1. The summed E-state index contributed by atoms with van der Waals surface area (Å²) in [5, 5.41) is 10.9. The second-order valence-electron chi connectivity index (χ2n) is 2.53. The zero-order valence-electron chi connectivity index (χ0n) is 7.60. The van der Waals surface area contributed by atoms with Gasteiger partial charge in [-0.1, -0.05) is 0 Å². The van der Waals surface area contributed by atoms with Crippen LogP contribution in [-0.4, -0.2) is 32.5 Å². The molecule has 0 radical (unpaired) electrons. The van der Waals surface area contributed by atoms with Gasteiger partial charge in [0.25, 0.3) is 5.56 Å². The van der Waals surface area contributed by atoms with E-state index in [4.69, 9.17) is 5.11 Å². The molecule has 0 fully saturated rings. The van der Waals surface area contributed by atoms with E-state index < -0.39 is 17.2 Å². The maximum absolute atomic E-state index is 11.1. The summed E-state index contributed by atoms with van der Waals surface area (Å²) >= 11 is 1.06. The molecule has 15 heavy (non-hydrogen) atoms. The number of carbonyl (C=O) groups is 1. The van der Waals surface area contributed by atoms with Gasteiger partial charge in [0.2, 0.25) is 0 Å². The van der Waals surface area contributed by atoms with Crippen molar-refractivity contribution in [3.63, 3.8) is 0 Å². The summed E-state index contributed by atoms with van der Waals surface area (Å²) in [6.07, 6.45) is 1.33. The van der Waals surface area contributed by atoms with E-state index in [9.17, 15) is 14.4 Å². The van der Waals surface area contributed by atoms with Crippen molar-refractivity contribution in [3.8, 4) is 0 Å². The van der Waals surface area contributed by atoms with Crippen LogP contribution in [0.1, 0.15) is 0 Å². The third kappa shape index (κ3) is 4.00. The summed E-state index contributed by atoms with van der Waals surface area (Å²) < 4.78 is 1.20. The fourth-order valence-electron chi connectivity index (χ4n) is 0.780. The maximum Gasteiger partial charge on any atom is 0.338 e. The number of carboxylic acid groups (broad SMARTS) is 1. The lowest BCUT2D eigenvalue weighted by Gasteiger charge is -2.03. The van der Waals surface area contributed by atoms with Crippen molar-refractivity contribution in [2.45, 2.75) is 0 Å². The third-order valence-corrected chi connectivity index (χ3v) is 2.27. The van der Waals surface area contributed by atoms with E-state index in [0.29, 0.717) is 0 Å². The van der Waals surface area contributed by atoms with Crippen LogP contribution in [0.25, 0.3) is 0 Å². The van der Waals surface area contributed by atoms with Crippen LogP contribution in [0, 0.1) is 0 Å². The number of H-pyrrole nitrogens is 1. The quantitative estimate of drug-likeness (QED) is 0.428. The average molecular weight is 231 g/mol. The van der Waals surface area contributed by atoms with E-state index in [0.717, 1.165) is 11.9 Å². The largest absolute Gasteiger partial charge is 0.480 e. The first kappa shape index (κ1) is 11.5. The Hall–Kier alpha value is -1.54. The van der Waals surface area contributed by atoms with E-state index in [1.807, 2.05) is 0 Å². The molecular weight excluding hydrogens is 222 g/mol. The number of rotatable bonds is 5. The average Bonchev–Trinajstić information content (AvgIpc) is 2.14. The van der Waals surface area contributed by atoms with Gasteiger partial charge in [0, 0.05) is 12.3 Å². The molecule has 1 aromatic heterocycles. The monoisotopic (exact) mass is 231 g/mol. The van der Waals surface area contributed by atoms with Crippen molar-refractivity contribution < 1.29 is 9.90 Å². The third-order valence-electron chi connectivity index (χ3n) is 1.37. The molecule has 8 heteroatoms. The Morgan fingerprint density at radius 3 is 2.93 bits per heavy atom. The van der Waals surface area contributed by atoms with Crippen LogP contribution >= 0.6 is 11.9 Å². The van der Waals surface area contributed by atoms with Crippen molar-refractivity contribution in [3.05, 3.63) is 33.1 Å². The first-order valence-electron chi connectivity index (χ1n) is 3.97. The van der Waals surface area contributed by atoms with Crippen molar-refractivity contribution in [2.75, 3.05) is 12.4 Å². The Kier molecular flexibility index (Phi) is 4.13. The van der Waals surface area contributed by atoms with Crippen LogP contribution in [0.5, 0.6) is 0 Å². The molecule has 0 atom stereocenters. The molecule has 82 valence electrons. The highest BCUT2D eigenvalue weighted by Crippen LogP contribution is 1.95. The second kappa shape index (κ2) is 5.37. The van der Waals surface area contributed by atoms with Gasteiger partial charge in [-0.15, -0.1) is 0 Å². The predicted molar refractivity (Wildman–Crippen MR) is 54.8 cm³/mol. The summed E-state index contributed by atoms with van der Waals surface area (Å²) in [7, 11) is 0. The molecule has 7 nitrogen and oxygen atoms in total. The van der Waals surface area contributed by atoms with E-state index >= 15 is 0 Å². The molecule has 0 saturated carbocycles. The van der Waals surface area contributed by atoms with Gasteiger partial charge in [0.05, 0.1) is 12.4 Å². The number of aromatic nitrogens is 2. The Labute approximate surface area is 88.3 Å². The van der Waals surface area contributed by atoms with E-state index in [-0.39, 0.29) is 12.4 Å². The minimum absolute atomic E-state index is 0.175. The SMILES string of the molecule is O=C(O)CNCSn1ccc(=O)[nH]c1=O. The first-order valence-corrected chi connectivity index (χ1v) is 4.91. The standard InChI is InChI=1S/C7H9N3O4S/c11-5-1-2-10(7(14)9-5)15-4-8-3-6(12)13/h1-2,8H,3-4H2,(H,12,13)(H,9,11,14). The molecule has 1 heterocycles. The molecule has 0 spiro atoms. The number of carboxylic acids is 1. The molecule has 0 amide bonds. The normalized spacial score (nSPS) is 10.1. The van der Waals surface area contributed by atoms with Gasteiger partial charge in [0.1, 0.15) is 0 Å². The Morgan fingerprint density at radius 1 is 1.60 bits per heavy atom. The highest BCUT2D eigenvalue weighted by molar-refractivity contribution is 7.97. The lowest BCUT2D eigenvalue weighted by Crippen LogP contribution is -2.28. The lowest BCUT2D eigenvalue weighted by atomic mass is 10.7. The summed E-state index contributed by atoms with van der Waals surface area (Å²) in [6, 6.07) is 1.21. The van der Waals surface area contributed by atoms with Crippen LogP contribution in [0.3, 0.4) is 0 Å². The van der Waals surface area contributed by atoms with Gasteiger partial charge in [-0.05, 0) is 11.9 Å². The zero-order chi connectivity index (χ0) is 11.3. The number of hydrogen-bond acceptors (Lipinski definition) is 5. The molecule has 0 saturated heterocycles. The Morgan fingerprint density at radius 2 is 2.33 bits per heavy atom. The molecular formula is C7H9N3O4S. The Bertz CT molecular complexity index is 452. The minimum atomic E-state index is -0.968. The molecule has 1 aromatic rings. The summed E-state index contributed by atoms with van der Waals surface area (Å²) in [4.78, 5) is 34.0. The first-order chi connectivity index (χ1) is 7.09. The maximum atomic E-state index is 11.1. The van der Waals surface area contributed by atoms with Gasteiger partial charge in [-0.2, -0.15) is 0 Å². The molecule has 0 aromatic carbocycles. The molecule has 0 aliphatic carbocycles. The van der Waals surface area contributed by atoms with Gasteiger partial charge in [0.15, 0.2) is 0 Å². The smallest absolute Gasteiger partial charge is 0.338 e. The number of nitrogens with one attached hydrogen (secondary N) is 2. The molecule has 1 rings (SSSR count). The molecule has 0 aliphatic heterocycles. The van der Waals surface area contributed by atoms with Crippen LogP contribution in [0.4, 0.5) is 0 Å². The van der Waals surface area contributed by atoms with E-state index in [1.54, 1.807) is 0 Å². The van der Waals surface area contributed by atoms with Crippen LogP contribution < -0.4 is 16.6 Å². The topological polar surface area (TPSA) is 104 Å². The number of aromatic amines is 1. The van der Waals surface area contributed by atoms with Crippen molar-refractivity contribution in [1.29, 1.82) is 0 Å². The van der Waals surface area contributed by atoms with Gasteiger partial charge >= 0.3 is 11.7 Å². The fraction of sp³-hybridized carbons (Fsp3) is 0.286. The van der Waals surface area contributed by atoms with Crippen LogP contribution in [-0.2, 0) is 4.79 Å². The summed E-state index contributed by atoms with van der Waals surface area (Å²) in [5.41, 5.74) is -1.00. The Balaban J connectivity index is 2.48. The molecule has 0 aliphatic rings. The highest BCUT2D eigenvalue weighted by atomic mass is 32.2. The minimum Gasteiger partial charge on any atom is -0.480 e. The zero-order valence-corrected chi connectivity index (χ0v) is 8.41. The molecule has 0 unspecified atom stereocenters. The van der Waals surface area contributed by atoms with Crippen LogP contribution in [0.2, 0.25) is 0 Å². The predicted octanol–water partition coefficient (Wildman–Crippen LogP) is -1.34. The highest BCUT2D eigenvalue weighted by Gasteiger charge is 1.98. The number of nitrogens with zero attached hydrogens (tertiary/aromatic N) is 1. The van der Waals surface area contributed by atoms with Crippen LogP contribution in [0.15, 0.2) is 21.9 Å². The van der Waals surface area contributed by atoms with E-state index in [1.165, 1.54) is 16.2 Å². The molecule has 0 bridgehead atoms. The van der Waals surface area contributed by atoms with Gasteiger partial charge < -0.3 is 5.11 Å². The van der Waals surface area contributed by atoms with Gasteiger partial charge in [-0.25, -0.2) is 8.77 Å². The van der Waals surface area contributed by atoms with E-state index in [2.05, 4.69) is 10.3 Å². The van der Waals surface area contributed by atoms with Gasteiger partial charge in [-0.3, -0.25) is 19.9 Å². The summed E-state index contributed by atoms with van der Waals surface area (Å²) in [5.74, 6) is -0.706. The second-order valence-corrected chi connectivity index (χ2v) is 3.47. The summed E-state index contributed by atoms with van der Waals surface area (Å²) in [6.45, 7) is -0.175. The molecule has 3 N–H and O–H groups in total. The van der Waals surface area contributed by atoms with Crippen molar-refractivity contribution >= 4 is 17.9 Å². The van der Waals surface area contributed by atoms with Crippen molar-refractivity contribution in [1.82, 2.24) is 14.3 Å². The lowest BCUT2D eigenvalue weighted by molar-refractivity contribution is -0.135. The fourth-order valence-corrected chi connectivity index (χ4v) is 1.42. The van der Waals surface area contributed by atoms with Crippen molar-refractivity contribution in [2.24, 2.45) is 0 Å².